The number of halogens is 2. The molecule has 29 heavy (non-hydrogen) atoms. The van der Waals surface area contributed by atoms with Crippen molar-refractivity contribution in [1.29, 1.82) is 0 Å². The maximum atomic E-state index is 12.4. The Morgan fingerprint density at radius 1 is 0.897 bits per heavy atom. The zero-order valence-electron chi connectivity index (χ0n) is 14.6. The first-order chi connectivity index (χ1) is 13.8. The quantitative estimate of drug-likeness (QED) is 0.668. The topological polar surface area (TPSA) is 95.6 Å². The molecule has 0 atom stereocenters. The summed E-state index contributed by atoms with van der Waals surface area (Å²) in [4.78, 5) is 49.4. The van der Waals surface area contributed by atoms with Crippen molar-refractivity contribution in [3.05, 3.63) is 69.6 Å². The van der Waals surface area contributed by atoms with Crippen LogP contribution in [0.5, 0.6) is 0 Å². The monoisotopic (exact) mass is 449 g/mol. The van der Waals surface area contributed by atoms with E-state index in [-0.39, 0.29) is 4.91 Å². The number of nitrogens with one attached hydrogen (secondary N) is 2. The average molecular weight is 450 g/mol. The molecule has 0 saturated carbocycles. The second-order valence-corrected chi connectivity index (χ2v) is 7.69. The van der Waals surface area contributed by atoms with E-state index < -0.39 is 29.5 Å². The lowest BCUT2D eigenvalue weighted by Gasteiger charge is -2.12. The number of rotatable bonds is 5. The van der Waals surface area contributed by atoms with Gasteiger partial charge in [0.15, 0.2) is 0 Å². The third kappa shape index (κ3) is 5.60. The first-order valence-corrected chi connectivity index (χ1v) is 9.76. The molecular weight excluding hydrogens is 437 g/mol. The minimum absolute atomic E-state index is 0.0687. The summed E-state index contributed by atoms with van der Waals surface area (Å²) in [6, 6.07) is 12.8. The molecule has 0 unspecified atom stereocenters. The van der Waals surface area contributed by atoms with E-state index in [4.69, 9.17) is 23.2 Å². The van der Waals surface area contributed by atoms with Gasteiger partial charge in [-0.25, -0.2) is 0 Å². The third-order valence-corrected chi connectivity index (χ3v) is 5.09. The van der Waals surface area contributed by atoms with Crippen LogP contribution in [0.4, 0.5) is 16.2 Å². The van der Waals surface area contributed by atoms with Crippen LogP contribution in [0.25, 0.3) is 0 Å². The Bertz CT molecular complexity index is 1010. The van der Waals surface area contributed by atoms with E-state index in [2.05, 4.69) is 10.6 Å². The van der Waals surface area contributed by atoms with Gasteiger partial charge in [0.2, 0.25) is 11.8 Å². The Balaban J connectivity index is 1.61. The van der Waals surface area contributed by atoms with Crippen LogP contribution in [0.2, 0.25) is 10.0 Å². The summed E-state index contributed by atoms with van der Waals surface area (Å²) in [6.07, 6.45) is 1.02. The molecular formula is C19H13Cl2N3O4S. The summed E-state index contributed by atoms with van der Waals surface area (Å²) in [5, 5.41) is 5.52. The van der Waals surface area contributed by atoms with Gasteiger partial charge in [-0.05, 0) is 60.3 Å². The molecule has 2 aromatic carbocycles. The third-order valence-electron chi connectivity index (χ3n) is 3.68. The standard InChI is InChI=1S/C19H13Cl2N3O4S/c20-11-1-5-13(6-2-11)22-16(25)9-15-18(27)24(19(28)29-15)10-17(26)23-14-7-3-12(21)4-8-14/h1-9H,10H2,(H,22,25)(H,23,26). The number of amides is 4. The molecule has 2 aromatic rings. The van der Waals surface area contributed by atoms with Crippen molar-refractivity contribution in [3.8, 4) is 0 Å². The predicted octanol–water partition coefficient (Wildman–Crippen LogP) is 4.15. The largest absolute Gasteiger partial charge is 0.325 e. The van der Waals surface area contributed by atoms with Crippen LogP contribution >= 0.6 is 35.0 Å². The number of hydrogen-bond donors (Lipinski definition) is 2. The van der Waals surface area contributed by atoms with Crippen molar-refractivity contribution in [1.82, 2.24) is 4.90 Å². The first-order valence-electron chi connectivity index (χ1n) is 8.19. The Kier molecular flexibility index (Phi) is 6.58. The van der Waals surface area contributed by atoms with Crippen LogP contribution in [0.1, 0.15) is 0 Å². The number of imide groups is 1. The molecule has 0 radical (unpaired) electrons. The van der Waals surface area contributed by atoms with E-state index in [0.717, 1.165) is 11.0 Å². The van der Waals surface area contributed by atoms with Gasteiger partial charge in [0.05, 0.1) is 4.91 Å². The molecule has 3 rings (SSSR count). The molecule has 0 aliphatic carbocycles. The van der Waals surface area contributed by atoms with Gasteiger partial charge in [-0.1, -0.05) is 23.2 Å². The Morgan fingerprint density at radius 3 is 1.97 bits per heavy atom. The van der Waals surface area contributed by atoms with Crippen LogP contribution in [0.3, 0.4) is 0 Å². The van der Waals surface area contributed by atoms with Gasteiger partial charge in [-0.3, -0.25) is 24.1 Å². The average Bonchev–Trinajstić information content (AvgIpc) is 2.93. The Labute approximate surface area is 180 Å². The second kappa shape index (κ2) is 9.13. The fourth-order valence-corrected chi connectivity index (χ4v) is 3.41. The minimum atomic E-state index is -0.711. The maximum Gasteiger partial charge on any atom is 0.294 e. The molecule has 1 aliphatic rings. The summed E-state index contributed by atoms with van der Waals surface area (Å²) in [5.74, 6) is -1.84. The van der Waals surface area contributed by atoms with E-state index in [1.165, 1.54) is 0 Å². The fraction of sp³-hybridized carbons (Fsp3) is 0.0526. The summed E-state index contributed by atoms with van der Waals surface area (Å²) in [6.45, 7) is -0.469. The fourth-order valence-electron chi connectivity index (χ4n) is 2.34. The summed E-state index contributed by atoms with van der Waals surface area (Å²) < 4.78 is 0. The van der Waals surface area contributed by atoms with Crippen molar-refractivity contribution < 1.29 is 19.2 Å². The van der Waals surface area contributed by atoms with E-state index in [1.54, 1.807) is 48.5 Å². The van der Waals surface area contributed by atoms with Crippen molar-refractivity contribution in [2.45, 2.75) is 0 Å². The molecule has 4 amide bonds. The highest BCUT2D eigenvalue weighted by Gasteiger charge is 2.36. The van der Waals surface area contributed by atoms with Gasteiger partial charge >= 0.3 is 0 Å². The molecule has 7 nitrogen and oxygen atoms in total. The van der Waals surface area contributed by atoms with Crippen molar-refractivity contribution in [2.24, 2.45) is 0 Å². The van der Waals surface area contributed by atoms with E-state index in [1.807, 2.05) is 0 Å². The van der Waals surface area contributed by atoms with Crippen molar-refractivity contribution >= 4 is 69.3 Å². The smallest absolute Gasteiger partial charge is 0.294 e. The van der Waals surface area contributed by atoms with Gasteiger partial charge in [-0.2, -0.15) is 0 Å². The van der Waals surface area contributed by atoms with Crippen LogP contribution in [-0.4, -0.2) is 34.4 Å². The van der Waals surface area contributed by atoms with E-state index in [0.29, 0.717) is 33.2 Å². The first kappa shape index (κ1) is 20.9. The highest BCUT2D eigenvalue weighted by Crippen LogP contribution is 2.30. The Hall–Kier alpha value is -2.81. The SMILES string of the molecule is O=C(C=C1SC(=O)N(CC(=O)Nc2ccc(Cl)cc2)C1=O)Nc1ccc(Cl)cc1. The number of nitrogens with zero attached hydrogens (tertiary/aromatic N) is 1. The molecule has 10 heteroatoms. The van der Waals surface area contributed by atoms with Gasteiger partial charge in [-0.15, -0.1) is 0 Å². The van der Waals surface area contributed by atoms with Crippen molar-refractivity contribution in [2.75, 3.05) is 17.2 Å². The predicted molar refractivity (Wildman–Crippen MR) is 113 cm³/mol. The van der Waals surface area contributed by atoms with Crippen molar-refractivity contribution in [3.63, 3.8) is 0 Å². The zero-order chi connectivity index (χ0) is 21.0. The molecule has 148 valence electrons. The molecule has 1 aliphatic heterocycles. The van der Waals surface area contributed by atoms with Gasteiger partial charge < -0.3 is 10.6 Å². The lowest BCUT2D eigenvalue weighted by Crippen LogP contribution is -2.36. The van der Waals surface area contributed by atoms with Gasteiger partial charge in [0.1, 0.15) is 6.54 Å². The highest BCUT2D eigenvalue weighted by molar-refractivity contribution is 8.18. The number of anilines is 2. The number of hydrogen-bond acceptors (Lipinski definition) is 5. The molecule has 0 aromatic heterocycles. The lowest BCUT2D eigenvalue weighted by atomic mass is 10.3. The molecule has 0 spiro atoms. The summed E-state index contributed by atoms with van der Waals surface area (Å²) >= 11 is 12.2. The minimum Gasteiger partial charge on any atom is -0.325 e. The molecule has 0 bridgehead atoms. The number of thioether (sulfide) groups is 1. The number of carbonyl (C=O) groups is 4. The molecule has 1 fully saturated rings. The molecule has 1 saturated heterocycles. The van der Waals surface area contributed by atoms with Gasteiger partial charge in [0, 0.05) is 27.5 Å². The zero-order valence-corrected chi connectivity index (χ0v) is 17.0. The molecule has 2 N–H and O–H groups in total. The lowest BCUT2D eigenvalue weighted by molar-refractivity contribution is -0.127. The highest BCUT2D eigenvalue weighted by atomic mass is 35.5. The van der Waals surface area contributed by atoms with Crippen LogP contribution < -0.4 is 10.6 Å². The van der Waals surface area contributed by atoms with E-state index in [9.17, 15) is 19.2 Å². The maximum absolute atomic E-state index is 12.4. The Morgan fingerprint density at radius 2 is 1.41 bits per heavy atom. The summed E-state index contributed by atoms with van der Waals surface area (Å²) in [5.41, 5.74) is 0.960. The van der Waals surface area contributed by atoms with Gasteiger partial charge in [0.25, 0.3) is 11.1 Å². The number of benzene rings is 2. The second-order valence-electron chi connectivity index (χ2n) is 5.82. The van der Waals surface area contributed by atoms with E-state index >= 15 is 0 Å². The number of carbonyl (C=O) groups excluding carboxylic acids is 4. The van der Waals surface area contributed by atoms with Crippen LogP contribution in [0, 0.1) is 0 Å². The summed E-state index contributed by atoms with van der Waals surface area (Å²) in [7, 11) is 0. The van der Waals surface area contributed by atoms with Crippen LogP contribution in [0.15, 0.2) is 59.5 Å². The normalized spacial score (nSPS) is 15.0. The van der Waals surface area contributed by atoms with Crippen LogP contribution in [-0.2, 0) is 14.4 Å². The molecule has 1 heterocycles.